The summed E-state index contributed by atoms with van der Waals surface area (Å²) in [5, 5.41) is 11.1. The smallest absolute Gasteiger partial charge is 0.255 e. The molecule has 8 nitrogen and oxygen atoms in total. The Labute approximate surface area is 195 Å². The van der Waals surface area contributed by atoms with Gasteiger partial charge in [0.15, 0.2) is 11.9 Å². The molecule has 3 heterocycles. The summed E-state index contributed by atoms with van der Waals surface area (Å²) in [5.41, 5.74) is 3.07. The van der Waals surface area contributed by atoms with Crippen molar-refractivity contribution in [2.45, 2.75) is 45.4 Å². The Bertz CT molecular complexity index is 1170. The van der Waals surface area contributed by atoms with E-state index in [0.717, 1.165) is 17.0 Å². The number of carbonyl (C=O) groups excluding carboxylic acids is 2. The number of aliphatic hydroxyl groups is 1. The zero-order chi connectivity index (χ0) is 24.3. The summed E-state index contributed by atoms with van der Waals surface area (Å²) >= 11 is 0. The summed E-state index contributed by atoms with van der Waals surface area (Å²) in [7, 11) is 1.99. The summed E-state index contributed by atoms with van der Waals surface area (Å²) in [5.74, 6) is -0.480. The van der Waals surface area contributed by atoms with E-state index in [0.29, 0.717) is 35.7 Å². The van der Waals surface area contributed by atoms with Crippen molar-refractivity contribution < 1.29 is 19.4 Å². The van der Waals surface area contributed by atoms with Gasteiger partial charge in [0.2, 0.25) is 0 Å². The number of carbonyl (C=O) groups is 2. The molecule has 1 unspecified atom stereocenters. The van der Waals surface area contributed by atoms with Gasteiger partial charge in [-0.15, -0.1) is 0 Å². The number of amides is 1. The van der Waals surface area contributed by atoms with Crippen LogP contribution in [0.1, 0.15) is 28.9 Å². The maximum atomic E-state index is 12.3. The molecular weight excluding hydrogens is 436 g/mol. The lowest BCUT2D eigenvalue weighted by Crippen LogP contribution is -2.28. The fraction of sp³-hybridized carbons (Fsp3) is 0.417. The van der Waals surface area contributed by atoms with Crippen molar-refractivity contribution in [1.82, 2.24) is 19.4 Å². The molecule has 0 fully saturated rings. The van der Waals surface area contributed by atoms with Gasteiger partial charge in [0.05, 0.1) is 0 Å². The second-order valence-electron chi connectivity index (χ2n) is 9.65. The number of Topliss-reactive ketones (excluding diaryl/α,β-unsaturated/α-hetero) is 1. The van der Waals surface area contributed by atoms with Crippen LogP contribution in [0.2, 0.25) is 25.7 Å². The number of hydrogen-bond acceptors (Lipinski definition) is 6. The van der Waals surface area contributed by atoms with Gasteiger partial charge >= 0.3 is 0 Å². The second-order valence-corrected chi connectivity index (χ2v) is 15.3. The molecule has 0 saturated carbocycles. The number of pyridine rings is 2. The molecule has 0 spiro atoms. The molecule has 3 aromatic rings. The molecule has 0 saturated heterocycles. The maximum absolute atomic E-state index is 12.3. The zero-order valence-corrected chi connectivity index (χ0v) is 21.1. The van der Waals surface area contributed by atoms with Crippen LogP contribution in [0.25, 0.3) is 22.2 Å². The number of aromatic nitrogens is 3. The van der Waals surface area contributed by atoms with Crippen LogP contribution >= 0.6 is 0 Å². The Kier molecular flexibility index (Phi) is 7.46. The molecular formula is C24H32N4O4Si. The van der Waals surface area contributed by atoms with E-state index >= 15 is 0 Å². The van der Waals surface area contributed by atoms with Crippen molar-refractivity contribution in [2.24, 2.45) is 0 Å². The first-order valence-corrected chi connectivity index (χ1v) is 14.6. The van der Waals surface area contributed by atoms with Crippen LogP contribution < -0.4 is 0 Å². The molecule has 33 heavy (non-hydrogen) atoms. The van der Waals surface area contributed by atoms with Gasteiger partial charge in [0.25, 0.3) is 5.91 Å². The molecule has 3 rings (SSSR count). The van der Waals surface area contributed by atoms with Crippen molar-refractivity contribution in [1.29, 1.82) is 0 Å². The van der Waals surface area contributed by atoms with Gasteiger partial charge in [-0.2, -0.15) is 0 Å². The standard InChI is InChI=1S/C24H32N4O4Si/c1-16(29)21-14-28(15-32-7-8-33(4,5)6)23-20(21)10-18(13-26-23)17-9-19(12-25-11-17)22(30)24(31)27(2)3/h9-14,22,30H,7-8,15H2,1-6H3. The van der Waals surface area contributed by atoms with Crippen LogP contribution in [0.5, 0.6) is 0 Å². The number of aliphatic hydroxyl groups excluding tert-OH is 1. The van der Waals surface area contributed by atoms with Crippen molar-refractivity contribution in [3.05, 3.63) is 48.0 Å². The maximum Gasteiger partial charge on any atom is 0.255 e. The average Bonchev–Trinajstić information content (AvgIpc) is 3.13. The fourth-order valence-corrected chi connectivity index (χ4v) is 4.16. The number of fused-ring (bicyclic) bond motifs is 1. The van der Waals surface area contributed by atoms with E-state index in [9.17, 15) is 14.7 Å². The first kappa shape index (κ1) is 24.8. The number of rotatable bonds is 9. The van der Waals surface area contributed by atoms with E-state index in [4.69, 9.17) is 4.74 Å². The molecule has 1 atom stereocenters. The molecule has 0 aliphatic carbocycles. The summed E-state index contributed by atoms with van der Waals surface area (Å²) < 4.78 is 7.72. The number of ether oxygens (including phenoxy) is 1. The van der Waals surface area contributed by atoms with E-state index in [1.54, 1.807) is 38.8 Å². The molecule has 176 valence electrons. The molecule has 3 aromatic heterocycles. The minimum atomic E-state index is -1.30. The van der Waals surface area contributed by atoms with E-state index in [-0.39, 0.29) is 5.78 Å². The largest absolute Gasteiger partial charge is 0.378 e. The van der Waals surface area contributed by atoms with Crippen LogP contribution in [0, 0.1) is 0 Å². The van der Waals surface area contributed by atoms with Gasteiger partial charge in [0, 0.05) is 81.2 Å². The third kappa shape index (κ3) is 5.92. The van der Waals surface area contributed by atoms with E-state index in [1.165, 1.54) is 18.0 Å². The third-order valence-electron chi connectivity index (χ3n) is 5.40. The highest BCUT2D eigenvalue weighted by molar-refractivity contribution is 6.76. The molecule has 0 aromatic carbocycles. The number of ketones is 1. The monoisotopic (exact) mass is 468 g/mol. The summed E-state index contributed by atoms with van der Waals surface area (Å²) in [6.45, 7) is 9.45. The minimum absolute atomic E-state index is 0.0568. The third-order valence-corrected chi connectivity index (χ3v) is 7.11. The van der Waals surface area contributed by atoms with Crippen LogP contribution in [0.3, 0.4) is 0 Å². The average molecular weight is 469 g/mol. The predicted molar refractivity (Wildman–Crippen MR) is 131 cm³/mol. The van der Waals surface area contributed by atoms with Crippen molar-refractivity contribution in [2.75, 3.05) is 20.7 Å². The highest BCUT2D eigenvalue weighted by Crippen LogP contribution is 2.28. The lowest BCUT2D eigenvalue weighted by molar-refractivity contribution is -0.137. The molecule has 1 amide bonds. The van der Waals surface area contributed by atoms with Gasteiger partial charge in [0.1, 0.15) is 12.4 Å². The topological polar surface area (TPSA) is 97.5 Å². The van der Waals surface area contributed by atoms with Crippen LogP contribution in [0.4, 0.5) is 0 Å². The minimum Gasteiger partial charge on any atom is -0.378 e. The Morgan fingerprint density at radius 1 is 1.15 bits per heavy atom. The lowest BCUT2D eigenvalue weighted by atomic mass is 10.0. The van der Waals surface area contributed by atoms with Crippen molar-refractivity contribution in [3.63, 3.8) is 0 Å². The predicted octanol–water partition coefficient (Wildman–Crippen LogP) is 3.73. The SMILES string of the molecule is CC(=O)c1cn(COCC[Si](C)(C)C)c2ncc(-c3cncc(C(O)C(=O)N(C)C)c3)cc12. The first-order valence-electron chi connectivity index (χ1n) is 10.9. The van der Waals surface area contributed by atoms with Crippen LogP contribution in [0.15, 0.2) is 36.9 Å². The highest BCUT2D eigenvalue weighted by Gasteiger charge is 2.21. The van der Waals surface area contributed by atoms with Crippen molar-refractivity contribution >= 4 is 30.8 Å². The molecule has 0 aliphatic heterocycles. The first-order chi connectivity index (χ1) is 15.5. The lowest BCUT2D eigenvalue weighted by Gasteiger charge is -2.16. The van der Waals surface area contributed by atoms with Crippen molar-refractivity contribution in [3.8, 4) is 11.1 Å². The van der Waals surface area contributed by atoms with Crippen LogP contribution in [-0.4, -0.2) is 65.0 Å². The molecule has 0 radical (unpaired) electrons. The van der Waals surface area contributed by atoms with Gasteiger partial charge in [-0.05, 0) is 25.1 Å². The number of likely N-dealkylation sites (N-methyl/N-ethyl adjacent to an activating group) is 1. The van der Waals surface area contributed by atoms with Crippen LogP contribution in [-0.2, 0) is 16.3 Å². The van der Waals surface area contributed by atoms with Gasteiger partial charge in [-0.25, -0.2) is 4.98 Å². The zero-order valence-electron chi connectivity index (χ0n) is 20.1. The Morgan fingerprint density at radius 3 is 2.48 bits per heavy atom. The molecule has 0 bridgehead atoms. The van der Waals surface area contributed by atoms with E-state index in [1.807, 2.05) is 10.6 Å². The highest BCUT2D eigenvalue weighted by atomic mass is 28.3. The Balaban J connectivity index is 1.92. The van der Waals surface area contributed by atoms with Gasteiger partial charge in [-0.3, -0.25) is 14.6 Å². The number of hydrogen-bond donors (Lipinski definition) is 1. The fourth-order valence-electron chi connectivity index (χ4n) is 3.40. The Morgan fingerprint density at radius 2 is 1.85 bits per heavy atom. The number of nitrogens with zero attached hydrogens (tertiary/aromatic N) is 4. The summed E-state index contributed by atoms with van der Waals surface area (Å²) in [6.07, 6.45) is 5.30. The van der Waals surface area contributed by atoms with Gasteiger partial charge in [-0.1, -0.05) is 19.6 Å². The molecule has 1 N–H and O–H groups in total. The van der Waals surface area contributed by atoms with E-state index < -0.39 is 20.1 Å². The quantitative estimate of drug-likeness (QED) is 0.292. The van der Waals surface area contributed by atoms with Gasteiger partial charge < -0.3 is 19.3 Å². The second kappa shape index (κ2) is 9.94. The summed E-state index contributed by atoms with van der Waals surface area (Å²) in [6, 6.07) is 4.67. The molecule has 9 heteroatoms. The van der Waals surface area contributed by atoms with E-state index in [2.05, 4.69) is 29.6 Å². The normalized spacial score (nSPS) is 12.7. The summed E-state index contributed by atoms with van der Waals surface area (Å²) in [4.78, 5) is 34.6. The Hall–Kier alpha value is -2.88. The molecule has 0 aliphatic rings.